The summed E-state index contributed by atoms with van der Waals surface area (Å²) in [5, 5.41) is 6.37. The predicted molar refractivity (Wildman–Crippen MR) is 111 cm³/mol. The van der Waals surface area contributed by atoms with Crippen LogP contribution in [0.15, 0.2) is 24.3 Å². The molecule has 2 aromatic heterocycles. The van der Waals surface area contributed by atoms with Crippen LogP contribution in [0.25, 0.3) is 5.78 Å². The number of ether oxygens (including phenoxy) is 1. The number of hydrazine groups is 1. The van der Waals surface area contributed by atoms with Crippen LogP contribution in [0.4, 0.5) is 18.9 Å². The van der Waals surface area contributed by atoms with Gasteiger partial charge >= 0.3 is 6.18 Å². The zero-order chi connectivity index (χ0) is 24.2. The number of fused-ring (bicyclic) bond motifs is 1. The molecular formula is C20H22F3N7O3. The highest BCUT2D eigenvalue weighted by atomic mass is 19.4. The van der Waals surface area contributed by atoms with Crippen LogP contribution in [0.3, 0.4) is 0 Å². The highest BCUT2D eigenvalue weighted by Gasteiger charge is 2.37. The summed E-state index contributed by atoms with van der Waals surface area (Å²) in [7, 11) is 1.55. The van der Waals surface area contributed by atoms with E-state index in [0.29, 0.717) is 28.4 Å². The highest BCUT2D eigenvalue weighted by molar-refractivity contribution is 5.84. The fraction of sp³-hybridized carbons (Fsp3) is 0.350. The number of benzene rings is 1. The van der Waals surface area contributed by atoms with Gasteiger partial charge in [-0.25, -0.2) is 9.50 Å². The van der Waals surface area contributed by atoms with Gasteiger partial charge in [-0.2, -0.15) is 18.2 Å². The van der Waals surface area contributed by atoms with Crippen LogP contribution in [-0.4, -0.2) is 45.1 Å². The Labute approximate surface area is 186 Å². The van der Waals surface area contributed by atoms with E-state index in [0.717, 1.165) is 4.52 Å². The first-order valence-electron chi connectivity index (χ1n) is 9.84. The molecular weight excluding hydrogens is 443 g/mol. The van der Waals surface area contributed by atoms with Gasteiger partial charge in [-0.3, -0.25) is 20.4 Å². The minimum atomic E-state index is -4.69. The maximum absolute atomic E-state index is 12.9. The van der Waals surface area contributed by atoms with Crippen molar-refractivity contribution < 1.29 is 27.5 Å². The van der Waals surface area contributed by atoms with Crippen molar-refractivity contribution in [3.05, 3.63) is 47.0 Å². The van der Waals surface area contributed by atoms with Crippen LogP contribution in [0.2, 0.25) is 0 Å². The minimum absolute atomic E-state index is 0.0259. The SMILES string of the molecule is COc1ccc(NCC(=O)NNC(=O)CCc2c(C)nc3nc(C(F)(F)F)nn3c2C)cc1. The molecule has 0 unspecified atom stereocenters. The monoisotopic (exact) mass is 465 g/mol. The number of alkyl halides is 3. The van der Waals surface area contributed by atoms with E-state index in [4.69, 9.17) is 4.74 Å². The number of methoxy groups -OCH3 is 1. The number of aryl methyl sites for hydroxylation is 2. The summed E-state index contributed by atoms with van der Waals surface area (Å²) in [6.45, 7) is 3.13. The lowest BCUT2D eigenvalue weighted by molar-refractivity contribution is -0.144. The molecule has 13 heteroatoms. The summed E-state index contributed by atoms with van der Waals surface area (Å²) in [5.41, 5.74) is 6.73. The summed E-state index contributed by atoms with van der Waals surface area (Å²) >= 11 is 0. The molecule has 3 rings (SSSR count). The van der Waals surface area contributed by atoms with Gasteiger partial charge in [0.1, 0.15) is 5.75 Å². The molecule has 33 heavy (non-hydrogen) atoms. The van der Waals surface area contributed by atoms with Gasteiger partial charge in [0.25, 0.3) is 17.5 Å². The lowest BCUT2D eigenvalue weighted by Gasteiger charge is -2.11. The fourth-order valence-corrected chi connectivity index (χ4v) is 3.07. The smallest absolute Gasteiger partial charge is 0.453 e. The Morgan fingerprint density at radius 2 is 1.73 bits per heavy atom. The third-order valence-corrected chi connectivity index (χ3v) is 4.79. The van der Waals surface area contributed by atoms with Gasteiger partial charge in [0, 0.05) is 23.5 Å². The molecule has 10 nitrogen and oxygen atoms in total. The molecule has 3 N–H and O–H groups in total. The van der Waals surface area contributed by atoms with E-state index in [2.05, 4.69) is 31.2 Å². The molecule has 0 spiro atoms. The van der Waals surface area contributed by atoms with E-state index >= 15 is 0 Å². The molecule has 3 aromatic rings. The number of amides is 2. The molecule has 1 aromatic carbocycles. The van der Waals surface area contributed by atoms with Gasteiger partial charge in [-0.05, 0) is 50.1 Å². The Balaban J connectivity index is 1.52. The van der Waals surface area contributed by atoms with Crippen LogP contribution < -0.4 is 20.9 Å². The third-order valence-electron chi connectivity index (χ3n) is 4.79. The topological polar surface area (TPSA) is 123 Å². The second kappa shape index (κ2) is 9.71. The van der Waals surface area contributed by atoms with Gasteiger partial charge in [0.05, 0.1) is 13.7 Å². The second-order valence-corrected chi connectivity index (χ2v) is 7.08. The summed E-state index contributed by atoms with van der Waals surface area (Å²) in [5.74, 6) is -1.69. The molecule has 2 heterocycles. The van der Waals surface area contributed by atoms with Gasteiger partial charge in [0.2, 0.25) is 5.91 Å². The summed E-state index contributed by atoms with van der Waals surface area (Å²) in [6.07, 6.45) is -4.52. The van der Waals surface area contributed by atoms with Crippen molar-refractivity contribution in [1.82, 2.24) is 30.4 Å². The number of rotatable bonds is 7. The van der Waals surface area contributed by atoms with Crippen molar-refractivity contribution >= 4 is 23.3 Å². The van der Waals surface area contributed by atoms with E-state index in [1.807, 2.05) is 0 Å². The van der Waals surface area contributed by atoms with Crippen molar-refractivity contribution in [2.45, 2.75) is 32.9 Å². The maximum atomic E-state index is 12.9. The molecule has 176 valence electrons. The number of carbonyl (C=O) groups excluding carboxylic acids is 2. The van der Waals surface area contributed by atoms with Crippen LogP contribution in [0, 0.1) is 13.8 Å². The molecule has 0 aliphatic carbocycles. The molecule has 0 bridgehead atoms. The van der Waals surface area contributed by atoms with E-state index in [1.54, 1.807) is 45.2 Å². The normalized spacial score (nSPS) is 11.3. The minimum Gasteiger partial charge on any atom is -0.497 e. The lowest BCUT2D eigenvalue weighted by atomic mass is 10.1. The first-order chi connectivity index (χ1) is 15.6. The molecule has 2 amide bonds. The molecule has 0 saturated heterocycles. The van der Waals surface area contributed by atoms with Crippen molar-refractivity contribution in [3.8, 4) is 5.75 Å². The van der Waals surface area contributed by atoms with Crippen LogP contribution in [0.1, 0.15) is 29.2 Å². The van der Waals surface area contributed by atoms with Crippen molar-refractivity contribution in [2.24, 2.45) is 0 Å². The highest BCUT2D eigenvalue weighted by Crippen LogP contribution is 2.27. The quantitative estimate of drug-likeness (QED) is 0.456. The lowest BCUT2D eigenvalue weighted by Crippen LogP contribution is -2.44. The fourth-order valence-electron chi connectivity index (χ4n) is 3.07. The molecule has 0 fully saturated rings. The van der Waals surface area contributed by atoms with Gasteiger partial charge in [0.15, 0.2) is 0 Å². The van der Waals surface area contributed by atoms with Crippen molar-refractivity contribution in [3.63, 3.8) is 0 Å². The second-order valence-electron chi connectivity index (χ2n) is 7.08. The summed E-state index contributed by atoms with van der Waals surface area (Å²) in [6, 6.07) is 6.96. The molecule has 0 aliphatic heterocycles. The Bertz CT molecular complexity index is 1160. The zero-order valence-corrected chi connectivity index (χ0v) is 18.1. The van der Waals surface area contributed by atoms with E-state index in [-0.39, 0.29) is 25.2 Å². The third kappa shape index (κ3) is 5.87. The van der Waals surface area contributed by atoms with E-state index in [1.165, 1.54) is 0 Å². The van der Waals surface area contributed by atoms with E-state index in [9.17, 15) is 22.8 Å². The van der Waals surface area contributed by atoms with Crippen molar-refractivity contribution in [1.29, 1.82) is 0 Å². The van der Waals surface area contributed by atoms with Gasteiger partial charge in [-0.15, -0.1) is 5.10 Å². The standard InChI is InChI=1S/C20H22F3N7O3/c1-11-15(12(2)30-19(25-11)26-18(29-30)20(21,22)23)8-9-16(31)27-28-17(32)10-24-13-4-6-14(33-3)7-5-13/h4-7,24H,8-10H2,1-3H3,(H,27,31)(H,28,32). The molecule has 0 radical (unpaired) electrons. The Morgan fingerprint density at radius 3 is 2.36 bits per heavy atom. The number of hydrogen-bond donors (Lipinski definition) is 3. The number of anilines is 1. The number of aromatic nitrogens is 4. The Morgan fingerprint density at radius 1 is 1.06 bits per heavy atom. The number of nitrogens with zero attached hydrogens (tertiary/aromatic N) is 4. The average Bonchev–Trinajstić information content (AvgIpc) is 3.21. The summed E-state index contributed by atoms with van der Waals surface area (Å²) < 4.78 is 44.7. The van der Waals surface area contributed by atoms with Crippen LogP contribution in [0.5, 0.6) is 5.75 Å². The maximum Gasteiger partial charge on any atom is 0.453 e. The summed E-state index contributed by atoms with van der Waals surface area (Å²) in [4.78, 5) is 31.5. The van der Waals surface area contributed by atoms with Crippen molar-refractivity contribution in [2.75, 3.05) is 19.0 Å². The average molecular weight is 465 g/mol. The number of carbonyl (C=O) groups is 2. The molecule has 0 atom stereocenters. The first-order valence-corrected chi connectivity index (χ1v) is 9.84. The largest absolute Gasteiger partial charge is 0.497 e. The van der Waals surface area contributed by atoms with Gasteiger partial charge < -0.3 is 10.1 Å². The number of hydrogen-bond acceptors (Lipinski definition) is 7. The number of nitrogens with one attached hydrogen (secondary N) is 3. The van der Waals surface area contributed by atoms with Crippen LogP contribution >= 0.6 is 0 Å². The van der Waals surface area contributed by atoms with Gasteiger partial charge in [-0.1, -0.05) is 0 Å². The zero-order valence-electron chi connectivity index (χ0n) is 18.1. The molecule has 0 aliphatic rings. The predicted octanol–water partition coefficient (Wildman–Crippen LogP) is 1.96. The number of halogens is 3. The van der Waals surface area contributed by atoms with E-state index < -0.39 is 23.8 Å². The van der Waals surface area contributed by atoms with Crippen LogP contribution in [-0.2, 0) is 22.2 Å². The Kier molecular flexibility index (Phi) is 6.99. The Hall–Kier alpha value is -3.90. The first kappa shape index (κ1) is 23.8. The molecule has 0 saturated carbocycles.